The van der Waals surface area contributed by atoms with E-state index in [-0.39, 0.29) is 20.9 Å². The van der Waals surface area contributed by atoms with Gasteiger partial charge in [-0.2, -0.15) is 23.4 Å². The first-order chi connectivity index (χ1) is 10.4. The molecule has 0 unspecified atom stereocenters. The highest BCUT2D eigenvalue weighted by molar-refractivity contribution is 7.22. The number of carbonyl (C=O) groups excluding carboxylic acids is 1. The van der Waals surface area contributed by atoms with Gasteiger partial charge in [-0.1, -0.05) is 11.3 Å². The van der Waals surface area contributed by atoms with Crippen LogP contribution < -0.4 is 5.32 Å². The van der Waals surface area contributed by atoms with Gasteiger partial charge in [0, 0.05) is 0 Å². The Morgan fingerprint density at radius 2 is 2.05 bits per heavy atom. The van der Waals surface area contributed by atoms with Gasteiger partial charge in [0.1, 0.15) is 11.2 Å². The first-order valence-electron chi connectivity index (χ1n) is 5.85. The molecule has 0 spiro atoms. The van der Waals surface area contributed by atoms with Crippen molar-refractivity contribution in [1.29, 1.82) is 0 Å². The monoisotopic (exact) mass is 325 g/mol. The SMILES string of the molecule is O=C(Nc1nc2cnc(C(F)(F)F)cc2s1)c1ccnnc1. The third-order valence-corrected chi connectivity index (χ3v) is 3.57. The average molecular weight is 325 g/mol. The number of anilines is 1. The van der Waals surface area contributed by atoms with Crippen LogP contribution in [0.5, 0.6) is 0 Å². The second kappa shape index (κ2) is 5.30. The largest absolute Gasteiger partial charge is 0.433 e. The Morgan fingerprint density at radius 1 is 1.23 bits per heavy atom. The number of halogens is 3. The molecule has 10 heteroatoms. The van der Waals surface area contributed by atoms with Crippen LogP contribution in [-0.2, 0) is 6.18 Å². The molecule has 3 aromatic rings. The molecule has 6 nitrogen and oxygen atoms in total. The predicted molar refractivity (Wildman–Crippen MR) is 72.4 cm³/mol. The minimum absolute atomic E-state index is 0.179. The molecule has 0 aliphatic carbocycles. The standard InChI is InChI=1S/C12H6F3N5OS/c13-12(14,15)9-3-8-7(5-16-9)19-11(22-8)20-10(21)6-1-2-17-18-4-6/h1-5H,(H,19,20,21). The molecule has 0 fully saturated rings. The van der Waals surface area contributed by atoms with E-state index in [2.05, 4.69) is 25.5 Å². The fourth-order valence-electron chi connectivity index (χ4n) is 1.63. The molecule has 0 aliphatic heterocycles. The molecule has 3 heterocycles. The smallest absolute Gasteiger partial charge is 0.298 e. The van der Waals surface area contributed by atoms with Gasteiger partial charge in [-0.15, -0.1) is 0 Å². The highest BCUT2D eigenvalue weighted by Gasteiger charge is 2.32. The van der Waals surface area contributed by atoms with E-state index in [1.807, 2.05) is 0 Å². The molecule has 0 aliphatic rings. The van der Waals surface area contributed by atoms with E-state index in [4.69, 9.17) is 0 Å². The van der Waals surface area contributed by atoms with Gasteiger partial charge in [0.25, 0.3) is 5.91 Å². The number of rotatable bonds is 2. The van der Waals surface area contributed by atoms with Gasteiger partial charge in [-0.3, -0.25) is 10.1 Å². The minimum atomic E-state index is -4.52. The van der Waals surface area contributed by atoms with Crippen LogP contribution in [0.15, 0.2) is 30.7 Å². The van der Waals surface area contributed by atoms with Gasteiger partial charge < -0.3 is 0 Å². The van der Waals surface area contributed by atoms with Crippen LogP contribution >= 0.6 is 11.3 Å². The van der Waals surface area contributed by atoms with E-state index >= 15 is 0 Å². The molecule has 0 aromatic carbocycles. The first-order valence-corrected chi connectivity index (χ1v) is 6.67. The highest BCUT2D eigenvalue weighted by atomic mass is 32.1. The molecule has 0 radical (unpaired) electrons. The number of aromatic nitrogens is 4. The molecule has 112 valence electrons. The molecular weight excluding hydrogens is 319 g/mol. The van der Waals surface area contributed by atoms with Gasteiger partial charge >= 0.3 is 6.18 Å². The lowest BCUT2D eigenvalue weighted by molar-refractivity contribution is -0.141. The summed E-state index contributed by atoms with van der Waals surface area (Å²) in [5, 5.41) is 9.79. The minimum Gasteiger partial charge on any atom is -0.298 e. The summed E-state index contributed by atoms with van der Waals surface area (Å²) in [4.78, 5) is 19.2. The molecule has 0 saturated heterocycles. The van der Waals surface area contributed by atoms with Crippen molar-refractivity contribution >= 4 is 32.6 Å². The summed E-state index contributed by atoms with van der Waals surface area (Å²) in [6.45, 7) is 0. The summed E-state index contributed by atoms with van der Waals surface area (Å²) in [5.74, 6) is -0.474. The summed E-state index contributed by atoms with van der Waals surface area (Å²) < 4.78 is 38.1. The third-order valence-electron chi connectivity index (χ3n) is 2.63. The number of alkyl halides is 3. The molecule has 22 heavy (non-hydrogen) atoms. The van der Waals surface area contributed by atoms with E-state index in [1.54, 1.807) is 0 Å². The van der Waals surface area contributed by atoms with E-state index < -0.39 is 17.8 Å². The molecule has 0 atom stereocenters. The Kier molecular flexibility index (Phi) is 3.45. The lowest BCUT2D eigenvalue weighted by atomic mass is 10.3. The number of hydrogen-bond donors (Lipinski definition) is 1. The van der Waals surface area contributed by atoms with Crippen molar-refractivity contribution in [1.82, 2.24) is 20.2 Å². The van der Waals surface area contributed by atoms with E-state index in [0.717, 1.165) is 23.6 Å². The number of nitrogens with one attached hydrogen (secondary N) is 1. The molecule has 3 aromatic heterocycles. The van der Waals surface area contributed by atoms with Crippen LogP contribution in [0.4, 0.5) is 18.3 Å². The van der Waals surface area contributed by atoms with Crippen molar-refractivity contribution in [3.8, 4) is 0 Å². The number of hydrogen-bond acceptors (Lipinski definition) is 6. The molecular formula is C12H6F3N5OS. The van der Waals surface area contributed by atoms with Gasteiger partial charge in [-0.05, 0) is 12.1 Å². The Bertz CT molecular complexity index is 834. The molecule has 0 saturated carbocycles. The molecule has 3 rings (SSSR count). The van der Waals surface area contributed by atoms with Crippen molar-refractivity contribution in [2.45, 2.75) is 6.18 Å². The second-order valence-corrected chi connectivity index (χ2v) is 5.17. The normalized spacial score (nSPS) is 11.6. The third kappa shape index (κ3) is 2.86. The number of nitrogens with zero attached hydrogens (tertiary/aromatic N) is 4. The van der Waals surface area contributed by atoms with Gasteiger partial charge in [0.05, 0.1) is 28.9 Å². The Labute approximate surface area is 125 Å². The fourth-order valence-corrected chi connectivity index (χ4v) is 2.50. The summed E-state index contributed by atoms with van der Waals surface area (Å²) >= 11 is 0.931. The molecule has 1 N–H and O–H groups in total. The maximum Gasteiger partial charge on any atom is 0.433 e. The number of pyridine rings is 1. The summed E-state index contributed by atoms with van der Waals surface area (Å²) in [5.41, 5.74) is -0.454. The quantitative estimate of drug-likeness (QED) is 0.783. The Hall–Kier alpha value is -2.62. The topological polar surface area (TPSA) is 80.7 Å². The fraction of sp³-hybridized carbons (Fsp3) is 0.0833. The van der Waals surface area contributed by atoms with Crippen molar-refractivity contribution in [3.05, 3.63) is 42.0 Å². The van der Waals surface area contributed by atoms with Crippen molar-refractivity contribution in [2.75, 3.05) is 5.32 Å². The second-order valence-electron chi connectivity index (χ2n) is 4.14. The Balaban J connectivity index is 1.88. The van der Waals surface area contributed by atoms with Crippen LogP contribution in [0.1, 0.15) is 16.1 Å². The van der Waals surface area contributed by atoms with Crippen LogP contribution in [0.3, 0.4) is 0 Å². The van der Waals surface area contributed by atoms with Gasteiger partial charge in [0.2, 0.25) is 0 Å². The van der Waals surface area contributed by atoms with Crippen LogP contribution in [0, 0.1) is 0 Å². The van der Waals surface area contributed by atoms with Crippen molar-refractivity contribution in [3.63, 3.8) is 0 Å². The number of thiazole rings is 1. The van der Waals surface area contributed by atoms with Crippen LogP contribution in [0.2, 0.25) is 0 Å². The van der Waals surface area contributed by atoms with E-state index in [1.165, 1.54) is 18.5 Å². The van der Waals surface area contributed by atoms with Crippen molar-refractivity contribution < 1.29 is 18.0 Å². The van der Waals surface area contributed by atoms with E-state index in [0.29, 0.717) is 0 Å². The first kappa shape index (κ1) is 14.3. The Morgan fingerprint density at radius 3 is 2.73 bits per heavy atom. The zero-order valence-electron chi connectivity index (χ0n) is 10.6. The highest BCUT2D eigenvalue weighted by Crippen LogP contribution is 2.32. The molecule has 0 bridgehead atoms. The lowest BCUT2D eigenvalue weighted by Crippen LogP contribution is -2.11. The lowest BCUT2D eigenvalue weighted by Gasteiger charge is -2.03. The van der Waals surface area contributed by atoms with Crippen molar-refractivity contribution in [2.24, 2.45) is 0 Å². The summed E-state index contributed by atoms with van der Waals surface area (Å²) in [6, 6.07) is 2.36. The van der Waals surface area contributed by atoms with Gasteiger partial charge in [0.15, 0.2) is 5.13 Å². The van der Waals surface area contributed by atoms with Crippen LogP contribution in [0.25, 0.3) is 10.2 Å². The zero-order valence-corrected chi connectivity index (χ0v) is 11.4. The maximum absolute atomic E-state index is 12.6. The summed E-state index contributed by atoms with van der Waals surface area (Å²) in [6.07, 6.45) is -0.874. The average Bonchev–Trinajstić information content (AvgIpc) is 2.88. The molecule has 1 amide bonds. The number of fused-ring (bicyclic) bond motifs is 1. The van der Waals surface area contributed by atoms with Crippen LogP contribution in [-0.4, -0.2) is 26.1 Å². The number of amides is 1. The predicted octanol–water partition coefficient (Wildman–Crippen LogP) is 2.75. The summed E-state index contributed by atoms with van der Waals surface area (Å²) in [7, 11) is 0. The number of carbonyl (C=O) groups is 1. The van der Waals surface area contributed by atoms with Gasteiger partial charge in [-0.25, -0.2) is 9.97 Å². The maximum atomic E-state index is 12.6. The van der Waals surface area contributed by atoms with E-state index in [9.17, 15) is 18.0 Å². The zero-order chi connectivity index (χ0) is 15.7.